The van der Waals surface area contributed by atoms with Crippen molar-refractivity contribution in [2.75, 3.05) is 25.5 Å². The summed E-state index contributed by atoms with van der Waals surface area (Å²) in [6.07, 6.45) is -0.236. The monoisotopic (exact) mass is 455 g/mol. The number of para-hydroxylation sites is 2. The average molecular weight is 456 g/mol. The summed E-state index contributed by atoms with van der Waals surface area (Å²) >= 11 is 1.36. The molecule has 3 aromatic rings. The number of ether oxygens (including phenoxy) is 3. The van der Waals surface area contributed by atoms with Crippen molar-refractivity contribution >= 4 is 34.7 Å². The largest absolute Gasteiger partial charge is 0.486 e. The Morgan fingerprint density at radius 2 is 2.03 bits per heavy atom. The summed E-state index contributed by atoms with van der Waals surface area (Å²) in [6, 6.07) is 12.8. The molecule has 9 heteroatoms. The number of nitrogens with zero attached hydrogens (tertiary/aromatic N) is 2. The lowest BCUT2D eigenvalue weighted by Gasteiger charge is -2.26. The highest BCUT2D eigenvalue weighted by Crippen LogP contribution is 2.30. The molecule has 168 valence electrons. The third kappa shape index (κ3) is 4.83. The maximum absolute atomic E-state index is 12.4. The highest BCUT2D eigenvalue weighted by molar-refractivity contribution is 7.99. The molecule has 1 amide bonds. The van der Waals surface area contributed by atoms with Crippen molar-refractivity contribution in [2.24, 2.45) is 0 Å². The standard InChI is InChI=1S/C23H25N3O5S/c1-3-26-18-10-9-15(22(28)29-4-2)11-17(18)25-23(26)32-14-21(27)24-12-16-13-30-19-7-5-6-8-20(19)31-16/h5-11,16H,3-4,12-14H2,1-2H3,(H,24,27)/t16-/m0/s1. The molecule has 0 unspecified atom stereocenters. The molecule has 0 saturated carbocycles. The number of hydrogen-bond donors (Lipinski definition) is 1. The van der Waals surface area contributed by atoms with E-state index in [0.717, 1.165) is 16.4 Å². The van der Waals surface area contributed by atoms with Crippen LogP contribution in [0.25, 0.3) is 11.0 Å². The molecule has 0 radical (unpaired) electrons. The van der Waals surface area contributed by atoms with Crippen LogP contribution in [0.1, 0.15) is 24.2 Å². The molecular weight excluding hydrogens is 430 g/mol. The van der Waals surface area contributed by atoms with E-state index in [-0.39, 0.29) is 23.7 Å². The fourth-order valence-corrected chi connectivity index (χ4v) is 4.35. The van der Waals surface area contributed by atoms with E-state index in [1.54, 1.807) is 19.1 Å². The van der Waals surface area contributed by atoms with Gasteiger partial charge in [-0.3, -0.25) is 4.79 Å². The minimum atomic E-state index is -0.370. The Morgan fingerprint density at radius 3 is 2.81 bits per heavy atom. The van der Waals surface area contributed by atoms with E-state index in [0.29, 0.717) is 43.1 Å². The second-order valence-corrected chi connectivity index (χ2v) is 8.10. The Balaban J connectivity index is 1.35. The van der Waals surface area contributed by atoms with Gasteiger partial charge in [-0.15, -0.1) is 0 Å². The fraction of sp³-hybridized carbons (Fsp3) is 0.348. The predicted octanol–water partition coefficient (Wildman–Crippen LogP) is 3.28. The van der Waals surface area contributed by atoms with Gasteiger partial charge in [0.1, 0.15) is 12.7 Å². The molecule has 1 aliphatic heterocycles. The van der Waals surface area contributed by atoms with Gasteiger partial charge >= 0.3 is 5.97 Å². The molecule has 1 aliphatic rings. The molecule has 0 spiro atoms. The first kappa shape index (κ1) is 22.0. The van der Waals surface area contributed by atoms with Crippen LogP contribution in [0.4, 0.5) is 0 Å². The quantitative estimate of drug-likeness (QED) is 0.412. The molecule has 0 saturated heterocycles. The van der Waals surface area contributed by atoms with Crippen LogP contribution in [0.5, 0.6) is 11.5 Å². The summed E-state index contributed by atoms with van der Waals surface area (Å²) in [5, 5.41) is 3.63. The highest BCUT2D eigenvalue weighted by atomic mass is 32.2. The van der Waals surface area contributed by atoms with E-state index in [9.17, 15) is 9.59 Å². The van der Waals surface area contributed by atoms with Crippen LogP contribution in [0, 0.1) is 0 Å². The molecule has 8 nitrogen and oxygen atoms in total. The lowest BCUT2D eigenvalue weighted by atomic mass is 10.2. The molecule has 1 atom stereocenters. The van der Waals surface area contributed by atoms with Crippen LogP contribution >= 0.6 is 11.8 Å². The van der Waals surface area contributed by atoms with Gasteiger partial charge in [-0.1, -0.05) is 23.9 Å². The van der Waals surface area contributed by atoms with Gasteiger partial charge in [0.15, 0.2) is 16.7 Å². The van der Waals surface area contributed by atoms with Crippen molar-refractivity contribution in [2.45, 2.75) is 31.7 Å². The number of rotatable bonds is 8. The summed E-state index contributed by atoms with van der Waals surface area (Å²) in [6.45, 7) is 5.56. The topological polar surface area (TPSA) is 91.7 Å². The van der Waals surface area contributed by atoms with Crippen LogP contribution in [-0.4, -0.2) is 53.0 Å². The van der Waals surface area contributed by atoms with Gasteiger partial charge < -0.3 is 24.1 Å². The van der Waals surface area contributed by atoms with Crippen molar-refractivity contribution in [3.8, 4) is 11.5 Å². The zero-order valence-electron chi connectivity index (χ0n) is 18.0. The van der Waals surface area contributed by atoms with E-state index in [1.807, 2.05) is 41.8 Å². The molecule has 2 aromatic carbocycles. The number of carbonyl (C=O) groups excluding carboxylic acids is 2. The number of thioether (sulfide) groups is 1. The number of nitrogens with one attached hydrogen (secondary N) is 1. The Hall–Kier alpha value is -3.20. The maximum Gasteiger partial charge on any atom is 0.338 e. The molecule has 32 heavy (non-hydrogen) atoms. The van der Waals surface area contributed by atoms with E-state index >= 15 is 0 Å². The number of aromatic nitrogens is 2. The van der Waals surface area contributed by atoms with Crippen molar-refractivity contribution in [1.29, 1.82) is 0 Å². The predicted molar refractivity (Wildman–Crippen MR) is 121 cm³/mol. The van der Waals surface area contributed by atoms with Gasteiger partial charge in [0, 0.05) is 6.54 Å². The lowest BCUT2D eigenvalue weighted by molar-refractivity contribution is -0.119. The molecule has 4 rings (SSSR count). The zero-order valence-corrected chi connectivity index (χ0v) is 18.8. The molecule has 2 heterocycles. The minimum absolute atomic E-state index is 0.112. The molecule has 1 N–H and O–H groups in total. The summed E-state index contributed by atoms with van der Waals surface area (Å²) in [5.41, 5.74) is 2.08. The first-order valence-electron chi connectivity index (χ1n) is 10.5. The third-order valence-corrected chi connectivity index (χ3v) is 5.94. The fourth-order valence-electron chi connectivity index (χ4n) is 3.44. The van der Waals surface area contributed by atoms with Gasteiger partial charge in [0.25, 0.3) is 0 Å². The summed E-state index contributed by atoms with van der Waals surface area (Å²) in [4.78, 5) is 29.0. The van der Waals surface area contributed by atoms with Crippen molar-refractivity contribution < 1.29 is 23.8 Å². The Kier molecular flexibility index (Phi) is 6.84. The average Bonchev–Trinajstić information content (AvgIpc) is 3.18. The number of benzene rings is 2. The summed E-state index contributed by atoms with van der Waals surface area (Å²) in [5.74, 6) is 1.14. The van der Waals surface area contributed by atoms with Crippen molar-refractivity contribution in [1.82, 2.24) is 14.9 Å². The minimum Gasteiger partial charge on any atom is -0.486 e. The lowest BCUT2D eigenvalue weighted by Crippen LogP contribution is -2.41. The van der Waals surface area contributed by atoms with Crippen molar-refractivity contribution in [3.05, 3.63) is 48.0 Å². The highest BCUT2D eigenvalue weighted by Gasteiger charge is 2.21. The van der Waals surface area contributed by atoms with Gasteiger partial charge in [0.2, 0.25) is 5.91 Å². The van der Waals surface area contributed by atoms with Gasteiger partial charge in [-0.25, -0.2) is 9.78 Å². The van der Waals surface area contributed by atoms with Gasteiger partial charge in [-0.05, 0) is 44.2 Å². The second-order valence-electron chi connectivity index (χ2n) is 7.15. The van der Waals surface area contributed by atoms with Gasteiger partial charge in [0.05, 0.1) is 35.5 Å². The van der Waals surface area contributed by atoms with Crippen molar-refractivity contribution in [3.63, 3.8) is 0 Å². The number of aryl methyl sites for hydroxylation is 1. The first-order valence-corrected chi connectivity index (χ1v) is 11.5. The zero-order chi connectivity index (χ0) is 22.5. The number of imidazole rings is 1. The number of hydrogen-bond acceptors (Lipinski definition) is 7. The summed E-state index contributed by atoms with van der Waals surface area (Å²) in [7, 11) is 0. The number of amides is 1. The van der Waals surface area contributed by atoms with Crippen LogP contribution in [0.15, 0.2) is 47.6 Å². The van der Waals surface area contributed by atoms with Crippen LogP contribution in [-0.2, 0) is 16.1 Å². The first-order chi connectivity index (χ1) is 15.6. The smallest absolute Gasteiger partial charge is 0.338 e. The van der Waals surface area contributed by atoms with Gasteiger partial charge in [-0.2, -0.15) is 0 Å². The van der Waals surface area contributed by atoms with E-state index < -0.39 is 0 Å². The molecule has 1 aromatic heterocycles. The molecular formula is C23H25N3O5S. The Labute approximate surface area is 190 Å². The van der Waals surface area contributed by atoms with E-state index in [2.05, 4.69) is 10.3 Å². The second kappa shape index (κ2) is 9.95. The normalized spacial score (nSPS) is 14.9. The number of fused-ring (bicyclic) bond motifs is 2. The third-order valence-electron chi connectivity index (χ3n) is 4.97. The van der Waals surface area contributed by atoms with E-state index in [1.165, 1.54) is 11.8 Å². The van der Waals surface area contributed by atoms with Crippen LogP contribution in [0.2, 0.25) is 0 Å². The van der Waals surface area contributed by atoms with E-state index in [4.69, 9.17) is 14.2 Å². The van der Waals surface area contributed by atoms with Crippen LogP contribution < -0.4 is 14.8 Å². The van der Waals surface area contributed by atoms with Crippen LogP contribution in [0.3, 0.4) is 0 Å². The molecule has 0 aliphatic carbocycles. The number of esters is 1. The Morgan fingerprint density at radius 1 is 1.22 bits per heavy atom. The number of carbonyl (C=O) groups is 2. The Bertz CT molecular complexity index is 1130. The molecule has 0 bridgehead atoms. The maximum atomic E-state index is 12.4. The summed E-state index contributed by atoms with van der Waals surface area (Å²) < 4.78 is 18.6. The molecule has 0 fully saturated rings. The SMILES string of the molecule is CCOC(=O)c1ccc2c(c1)nc(SCC(=O)NC[C@H]1COc3ccccc3O1)n2CC.